The fraction of sp³-hybridized carbons (Fsp3) is 0.429. The SMILES string of the molecule is CCCC(NC(=O)C(=O)OCC)c1ccccc1Cl. The second kappa shape index (κ2) is 7.79. The number of esters is 1. The lowest BCUT2D eigenvalue weighted by Crippen LogP contribution is -2.35. The van der Waals surface area contributed by atoms with Crippen LogP contribution >= 0.6 is 11.6 Å². The molecule has 1 N–H and O–H groups in total. The lowest BCUT2D eigenvalue weighted by molar-refractivity contribution is -0.154. The van der Waals surface area contributed by atoms with E-state index in [1.165, 1.54) is 0 Å². The first-order valence-corrected chi connectivity index (χ1v) is 6.70. The third-order valence-corrected chi connectivity index (χ3v) is 2.97. The molecule has 1 atom stereocenters. The zero-order valence-electron chi connectivity index (χ0n) is 11.1. The molecule has 0 saturated heterocycles. The molecule has 0 fully saturated rings. The summed E-state index contributed by atoms with van der Waals surface area (Å²) in [5, 5.41) is 3.24. The molecule has 0 aliphatic carbocycles. The van der Waals surface area contributed by atoms with Gasteiger partial charge in [0.05, 0.1) is 12.6 Å². The minimum absolute atomic E-state index is 0.177. The van der Waals surface area contributed by atoms with Crippen LogP contribution in [0.3, 0.4) is 0 Å². The molecule has 5 heteroatoms. The van der Waals surface area contributed by atoms with Crippen LogP contribution < -0.4 is 5.32 Å². The maximum absolute atomic E-state index is 11.7. The van der Waals surface area contributed by atoms with Crippen LogP contribution in [0.25, 0.3) is 0 Å². The van der Waals surface area contributed by atoms with Gasteiger partial charge in [-0.2, -0.15) is 0 Å². The van der Waals surface area contributed by atoms with E-state index in [0.29, 0.717) is 11.4 Å². The zero-order chi connectivity index (χ0) is 14.3. The van der Waals surface area contributed by atoms with Crippen molar-refractivity contribution in [1.29, 1.82) is 0 Å². The molecular formula is C14H18ClNO3. The molecule has 1 unspecified atom stereocenters. The van der Waals surface area contributed by atoms with Gasteiger partial charge >= 0.3 is 11.9 Å². The van der Waals surface area contributed by atoms with Crippen molar-refractivity contribution in [3.8, 4) is 0 Å². The fourth-order valence-corrected chi connectivity index (χ4v) is 2.03. The van der Waals surface area contributed by atoms with Gasteiger partial charge in [0, 0.05) is 5.02 Å². The molecule has 4 nitrogen and oxygen atoms in total. The molecule has 1 rings (SSSR count). The molecule has 0 spiro atoms. The maximum atomic E-state index is 11.7. The predicted molar refractivity (Wildman–Crippen MR) is 73.9 cm³/mol. The standard InChI is InChI=1S/C14H18ClNO3/c1-3-7-12(10-8-5-6-9-11(10)15)16-13(17)14(18)19-4-2/h5-6,8-9,12H,3-4,7H2,1-2H3,(H,16,17). The summed E-state index contributed by atoms with van der Waals surface area (Å²) >= 11 is 6.11. The third kappa shape index (κ3) is 4.56. The normalized spacial score (nSPS) is 11.7. The van der Waals surface area contributed by atoms with E-state index in [2.05, 4.69) is 10.1 Å². The van der Waals surface area contributed by atoms with E-state index in [4.69, 9.17) is 11.6 Å². The molecule has 0 radical (unpaired) electrons. The van der Waals surface area contributed by atoms with E-state index >= 15 is 0 Å². The Morgan fingerprint density at radius 3 is 2.58 bits per heavy atom. The second-order valence-electron chi connectivity index (χ2n) is 4.06. The number of carbonyl (C=O) groups is 2. The van der Waals surface area contributed by atoms with Gasteiger partial charge in [-0.15, -0.1) is 0 Å². The van der Waals surface area contributed by atoms with Crippen LogP contribution in [0.5, 0.6) is 0 Å². The van der Waals surface area contributed by atoms with Gasteiger partial charge in [0.2, 0.25) is 0 Å². The van der Waals surface area contributed by atoms with Gasteiger partial charge in [0.15, 0.2) is 0 Å². The van der Waals surface area contributed by atoms with Gasteiger partial charge < -0.3 is 10.1 Å². The summed E-state index contributed by atoms with van der Waals surface area (Å²) in [6, 6.07) is 6.99. The molecule has 0 aliphatic rings. The van der Waals surface area contributed by atoms with Gasteiger partial charge in [-0.25, -0.2) is 4.79 Å². The summed E-state index contributed by atoms with van der Waals surface area (Å²) in [5.74, 6) is -1.60. The fourth-order valence-electron chi connectivity index (χ4n) is 1.77. The van der Waals surface area contributed by atoms with E-state index < -0.39 is 11.9 Å². The van der Waals surface area contributed by atoms with Crippen LogP contribution in [0.2, 0.25) is 5.02 Å². The minimum atomic E-state index is -0.865. The summed E-state index contributed by atoms with van der Waals surface area (Å²) in [7, 11) is 0. The monoisotopic (exact) mass is 283 g/mol. The lowest BCUT2D eigenvalue weighted by Gasteiger charge is -2.19. The van der Waals surface area contributed by atoms with E-state index in [9.17, 15) is 9.59 Å². The average molecular weight is 284 g/mol. The van der Waals surface area contributed by atoms with Crippen molar-refractivity contribution in [1.82, 2.24) is 5.32 Å². The Morgan fingerprint density at radius 1 is 1.32 bits per heavy atom. The van der Waals surface area contributed by atoms with Gasteiger partial charge in [-0.1, -0.05) is 43.1 Å². The Bertz CT molecular complexity index is 448. The zero-order valence-corrected chi connectivity index (χ0v) is 11.9. The van der Waals surface area contributed by atoms with Crippen molar-refractivity contribution in [2.45, 2.75) is 32.7 Å². The van der Waals surface area contributed by atoms with Crippen molar-refractivity contribution in [3.05, 3.63) is 34.9 Å². The number of halogens is 1. The molecule has 19 heavy (non-hydrogen) atoms. The number of hydrogen-bond donors (Lipinski definition) is 1. The van der Waals surface area contributed by atoms with E-state index in [1.54, 1.807) is 13.0 Å². The van der Waals surface area contributed by atoms with E-state index in [1.807, 2.05) is 25.1 Å². The predicted octanol–water partition coefficient (Wildman–Crippen LogP) is 2.86. The average Bonchev–Trinajstić information content (AvgIpc) is 2.39. The van der Waals surface area contributed by atoms with Crippen LogP contribution in [-0.4, -0.2) is 18.5 Å². The lowest BCUT2D eigenvalue weighted by atomic mass is 10.0. The molecule has 0 saturated carbocycles. The van der Waals surface area contributed by atoms with E-state index in [0.717, 1.165) is 12.0 Å². The number of amides is 1. The highest BCUT2D eigenvalue weighted by molar-refractivity contribution is 6.33. The van der Waals surface area contributed by atoms with Crippen molar-refractivity contribution in [3.63, 3.8) is 0 Å². The molecular weight excluding hydrogens is 266 g/mol. The summed E-state index contributed by atoms with van der Waals surface area (Å²) in [4.78, 5) is 23.0. The first-order chi connectivity index (χ1) is 9.10. The molecule has 1 amide bonds. The highest BCUT2D eigenvalue weighted by atomic mass is 35.5. The summed E-state index contributed by atoms with van der Waals surface area (Å²) in [5.41, 5.74) is 0.809. The second-order valence-corrected chi connectivity index (χ2v) is 4.46. The molecule has 1 aromatic carbocycles. The van der Waals surface area contributed by atoms with Crippen LogP contribution in [0.4, 0.5) is 0 Å². The molecule has 0 bridgehead atoms. The third-order valence-electron chi connectivity index (χ3n) is 2.62. The van der Waals surface area contributed by atoms with Crippen LogP contribution in [-0.2, 0) is 14.3 Å². The quantitative estimate of drug-likeness (QED) is 0.668. The Balaban J connectivity index is 2.82. The molecule has 0 aromatic heterocycles. The highest BCUT2D eigenvalue weighted by Gasteiger charge is 2.21. The summed E-state index contributed by atoms with van der Waals surface area (Å²) in [6.45, 7) is 3.83. The first kappa shape index (κ1) is 15.5. The van der Waals surface area contributed by atoms with Gasteiger partial charge in [-0.05, 0) is 25.0 Å². The summed E-state index contributed by atoms with van der Waals surface area (Å²) in [6.07, 6.45) is 1.56. The van der Waals surface area contributed by atoms with Crippen molar-refractivity contribution < 1.29 is 14.3 Å². The highest BCUT2D eigenvalue weighted by Crippen LogP contribution is 2.25. The van der Waals surface area contributed by atoms with Crippen molar-refractivity contribution in [2.24, 2.45) is 0 Å². The maximum Gasteiger partial charge on any atom is 0.396 e. The van der Waals surface area contributed by atoms with Crippen molar-refractivity contribution >= 4 is 23.5 Å². The molecule has 104 valence electrons. The van der Waals surface area contributed by atoms with Gasteiger partial charge in [-0.3, -0.25) is 4.79 Å². The smallest absolute Gasteiger partial charge is 0.396 e. The molecule has 0 aliphatic heterocycles. The van der Waals surface area contributed by atoms with Gasteiger partial charge in [0.1, 0.15) is 0 Å². The Kier molecular flexibility index (Phi) is 6.36. The number of rotatable bonds is 5. The first-order valence-electron chi connectivity index (χ1n) is 6.32. The van der Waals surface area contributed by atoms with Crippen LogP contribution in [0.1, 0.15) is 38.3 Å². The van der Waals surface area contributed by atoms with Crippen LogP contribution in [0, 0.1) is 0 Å². The van der Waals surface area contributed by atoms with Crippen LogP contribution in [0.15, 0.2) is 24.3 Å². The number of benzene rings is 1. The summed E-state index contributed by atoms with van der Waals surface area (Å²) < 4.78 is 4.66. The van der Waals surface area contributed by atoms with E-state index in [-0.39, 0.29) is 12.6 Å². The Labute approximate surface area is 118 Å². The largest absolute Gasteiger partial charge is 0.459 e. The molecule has 0 heterocycles. The Morgan fingerprint density at radius 2 is 2.00 bits per heavy atom. The van der Waals surface area contributed by atoms with Gasteiger partial charge in [0.25, 0.3) is 0 Å². The molecule has 1 aromatic rings. The number of ether oxygens (including phenoxy) is 1. The number of nitrogens with one attached hydrogen (secondary N) is 1. The number of carbonyl (C=O) groups excluding carboxylic acids is 2. The Hall–Kier alpha value is -1.55. The number of hydrogen-bond acceptors (Lipinski definition) is 3. The van der Waals surface area contributed by atoms with Crippen molar-refractivity contribution in [2.75, 3.05) is 6.61 Å². The minimum Gasteiger partial charge on any atom is -0.459 e. The topological polar surface area (TPSA) is 55.4 Å².